The van der Waals surface area contributed by atoms with Crippen molar-refractivity contribution in [2.24, 2.45) is 0 Å². The van der Waals surface area contributed by atoms with Crippen LogP contribution in [0.5, 0.6) is 0 Å². The first-order valence-electron chi connectivity index (χ1n) is 12.5. The third-order valence-electron chi connectivity index (χ3n) is 6.82. The quantitative estimate of drug-likeness (QED) is 0.550. The standard InChI is InChI=1S/C27H33N7O/c1-19-17-22(30-27(29-19)33-14-8-5-9-15-33)25(35)34-16-10-13-23(34)24-21(20-11-6-4-7-12-20)18-28-26(31-24)32(2)3/h4,6-7,11-12,17-18,23H,5,8-10,13-16H2,1-3H3/t23-/m1/s1. The van der Waals surface area contributed by atoms with E-state index >= 15 is 0 Å². The van der Waals surface area contributed by atoms with E-state index in [1.165, 1.54) is 6.42 Å². The van der Waals surface area contributed by atoms with Gasteiger partial charge in [-0.2, -0.15) is 0 Å². The Kier molecular flexibility index (Phi) is 6.61. The highest BCUT2D eigenvalue weighted by Gasteiger charge is 2.35. The number of anilines is 2. The summed E-state index contributed by atoms with van der Waals surface area (Å²) in [6.45, 7) is 4.51. The van der Waals surface area contributed by atoms with Crippen molar-refractivity contribution in [3.8, 4) is 11.1 Å². The van der Waals surface area contributed by atoms with Gasteiger partial charge in [0.15, 0.2) is 0 Å². The second kappa shape index (κ2) is 9.98. The maximum absolute atomic E-state index is 13.8. The molecule has 2 aromatic heterocycles. The number of amides is 1. The molecule has 1 aromatic carbocycles. The Hall–Kier alpha value is -3.55. The Labute approximate surface area is 207 Å². The van der Waals surface area contributed by atoms with E-state index in [-0.39, 0.29) is 11.9 Å². The van der Waals surface area contributed by atoms with E-state index < -0.39 is 0 Å². The van der Waals surface area contributed by atoms with E-state index in [9.17, 15) is 4.79 Å². The predicted molar refractivity (Wildman–Crippen MR) is 138 cm³/mol. The minimum absolute atomic E-state index is 0.0553. The van der Waals surface area contributed by atoms with Crippen molar-refractivity contribution in [2.45, 2.75) is 45.1 Å². The zero-order chi connectivity index (χ0) is 24.4. The molecular weight excluding hydrogens is 438 g/mol. The lowest BCUT2D eigenvalue weighted by atomic mass is 9.99. The van der Waals surface area contributed by atoms with Gasteiger partial charge in [0.05, 0.1) is 11.7 Å². The molecule has 8 nitrogen and oxygen atoms in total. The molecule has 2 saturated heterocycles. The average molecular weight is 472 g/mol. The van der Waals surface area contributed by atoms with E-state index in [1.807, 2.05) is 61.3 Å². The number of aryl methyl sites for hydroxylation is 1. The summed E-state index contributed by atoms with van der Waals surface area (Å²) >= 11 is 0. The van der Waals surface area contributed by atoms with Crippen LogP contribution >= 0.6 is 0 Å². The third kappa shape index (κ3) is 4.83. The zero-order valence-corrected chi connectivity index (χ0v) is 20.8. The van der Waals surface area contributed by atoms with Crippen molar-refractivity contribution in [1.29, 1.82) is 0 Å². The van der Waals surface area contributed by atoms with Gasteiger partial charge in [0, 0.05) is 51.2 Å². The first-order valence-corrected chi connectivity index (χ1v) is 12.5. The summed E-state index contributed by atoms with van der Waals surface area (Å²) in [5, 5.41) is 0. The Bertz CT molecular complexity index is 1190. The molecule has 182 valence electrons. The maximum atomic E-state index is 13.8. The molecule has 2 fully saturated rings. The van der Waals surface area contributed by atoms with E-state index in [4.69, 9.17) is 9.97 Å². The van der Waals surface area contributed by atoms with Crippen molar-refractivity contribution < 1.29 is 4.79 Å². The lowest BCUT2D eigenvalue weighted by Gasteiger charge is -2.28. The fourth-order valence-electron chi connectivity index (χ4n) is 5.03. The number of aromatic nitrogens is 4. The summed E-state index contributed by atoms with van der Waals surface area (Å²) in [7, 11) is 3.87. The van der Waals surface area contributed by atoms with Crippen LogP contribution in [-0.2, 0) is 0 Å². The Morgan fingerprint density at radius 1 is 0.971 bits per heavy atom. The van der Waals surface area contributed by atoms with Crippen molar-refractivity contribution in [2.75, 3.05) is 43.5 Å². The van der Waals surface area contributed by atoms with Crippen LogP contribution in [0.4, 0.5) is 11.9 Å². The molecule has 3 aromatic rings. The van der Waals surface area contributed by atoms with Crippen molar-refractivity contribution in [3.05, 3.63) is 59.7 Å². The Balaban J connectivity index is 1.51. The molecule has 1 amide bonds. The lowest BCUT2D eigenvalue weighted by Crippen LogP contribution is -2.34. The van der Waals surface area contributed by atoms with Crippen LogP contribution in [0.2, 0.25) is 0 Å². The molecule has 0 aliphatic carbocycles. The smallest absolute Gasteiger partial charge is 0.273 e. The lowest BCUT2D eigenvalue weighted by molar-refractivity contribution is 0.0727. The number of nitrogens with zero attached hydrogens (tertiary/aromatic N) is 7. The first-order chi connectivity index (χ1) is 17.0. The number of rotatable bonds is 5. The summed E-state index contributed by atoms with van der Waals surface area (Å²) in [6.07, 6.45) is 7.18. The van der Waals surface area contributed by atoms with Crippen LogP contribution in [0.25, 0.3) is 11.1 Å². The Morgan fingerprint density at radius 3 is 2.49 bits per heavy atom. The van der Waals surface area contributed by atoms with Gasteiger partial charge < -0.3 is 14.7 Å². The fourth-order valence-corrected chi connectivity index (χ4v) is 5.03. The number of piperidine rings is 1. The summed E-state index contributed by atoms with van der Waals surface area (Å²) in [4.78, 5) is 38.8. The molecule has 2 aliphatic rings. The number of carbonyl (C=O) groups excluding carboxylic acids is 1. The van der Waals surface area contributed by atoms with Crippen LogP contribution in [-0.4, -0.2) is 64.5 Å². The van der Waals surface area contributed by atoms with Gasteiger partial charge in [0.1, 0.15) is 5.69 Å². The highest BCUT2D eigenvalue weighted by molar-refractivity contribution is 5.93. The SMILES string of the molecule is Cc1cc(C(=O)N2CCC[C@@H]2c2nc(N(C)C)ncc2-c2ccccc2)nc(N2CCCCC2)n1. The normalized spacial score (nSPS) is 18.1. The summed E-state index contributed by atoms with van der Waals surface area (Å²) in [5.41, 5.74) is 4.20. The van der Waals surface area contributed by atoms with E-state index in [0.29, 0.717) is 24.1 Å². The molecule has 0 N–H and O–H groups in total. The molecule has 0 spiro atoms. The molecule has 5 rings (SSSR count). The average Bonchev–Trinajstić information content (AvgIpc) is 3.38. The Morgan fingerprint density at radius 2 is 1.74 bits per heavy atom. The van der Waals surface area contributed by atoms with Crippen molar-refractivity contribution in [3.63, 3.8) is 0 Å². The van der Waals surface area contributed by atoms with Crippen LogP contribution in [0.15, 0.2) is 42.6 Å². The fraction of sp³-hybridized carbons (Fsp3) is 0.444. The third-order valence-corrected chi connectivity index (χ3v) is 6.82. The molecule has 1 atom stereocenters. The van der Waals surface area contributed by atoms with Crippen LogP contribution in [0, 0.1) is 6.92 Å². The zero-order valence-electron chi connectivity index (χ0n) is 20.8. The van der Waals surface area contributed by atoms with E-state index in [1.54, 1.807) is 0 Å². The second-order valence-corrected chi connectivity index (χ2v) is 9.63. The number of carbonyl (C=O) groups is 1. The molecule has 2 aliphatic heterocycles. The predicted octanol–water partition coefficient (Wildman–Crippen LogP) is 4.28. The van der Waals surface area contributed by atoms with Crippen LogP contribution in [0.1, 0.15) is 60.0 Å². The minimum atomic E-state index is -0.131. The molecule has 0 saturated carbocycles. The molecular formula is C27H33N7O. The van der Waals surface area contributed by atoms with Crippen molar-refractivity contribution in [1.82, 2.24) is 24.8 Å². The van der Waals surface area contributed by atoms with Gasteiger partial charge in [-0.15, -0.1) is 0 Å². The van der Waals surface area contributed by atoms with Gasteiger partial charge >= 0.3 is 0 Å². The summed E-state index contributed by atoms with van der Waals surface area (Å²) in [5.74, 6) is 1.26. The van der Waals surface area contributed by atoms with Gasteiger partial charge in [0.25, 0.3) is 5.91 Å². The monoisotopic (exact) mass is 471 g/mol. The van der Waals surface area contributed by atoms with E-state index in [0.717, 1.165) is 61.3 Å². The van der Waals surface area contributed by atoms with Gasteiger partial charge in [-0.1, -0.05) is 30.3 Å². The largest absolute Gasteiger partial charge is 0.347 e. The molecule has 8 heteroatoms. The number of benzene rings is 1. The van der Waals surface area contributed by atoms with Crippen LogP contribution in [0.3, 0.4) is 0 Å². The minimum Gasteiger partial charge on any atom is -0.347 e. The summed E-state index contributed by atoms with van der Waals surface area (Å²) < 4.78 is 0. The molecule has 0 unspecified atom stereocenters. The van der Waals surface area contributed by atoms with Gasteiger partial charge in [0.2, 0.25) is 11.9 Å². The molecule has 0 bridgehead atoms. The van der Waals surface area contributed by atoms with Gasteiger partial charge in [-0.25, -0.2) is 19.9 Å². The topological polar surface area (TPSA) is 78.4 Å². The number of hydrogen-bond donors (Lipinski definition) is 0. The number of hydrogen-bond acceptors (Lipinski definition) is 7. The second-order valence-electron chi connectivity index (χ2n) is 9.63. The van der Waals surface area contributed by atoms with Gasteiger partial charge in [-0.05, 0) is 50.7 Å². The van der Waals surface area contributed by atoms with Gasteiger partial charge in [-0.3, -0.25) is 4.79 Å². The highest BCUT2D eigenvalue weighted by atomic mass is 16.2. The molecule has 35 heavy (non-hydrogen) atoms. The van der Waals surface area contributed by atoms with Crippen molar-refractivity contribution >= 4 is 17.8 Å². The molecule has 0 radical (unpaired) electrons. The van der Waals surface area contributed by atoms with Crippen LogP contribution < -0.4 is 9.80 Å². The molecule has 4 heterocycles. The summed E-state index contributed by atoms with van der Waals surface area (Å²) in [6, 6.07) is 11.8. The first kappa shape index (κ1) is 23.2. The maximum Gasteiger partial charge on any atom is 0.273 e. The highest BCUT2D eigenvalue weighted by Crippen LogP contribution is 2.38. The van der Waals surface area contributed by atoms with E-state index in [2.05, 4.69) is 27.0 Å². The number of likely N-dealkylation sites (tertiary alicyclic amines) is 1.